The van der Waals surface area contributed by atoms with Crippen LogP contribution in [0.15, 0.2) is 23.7 Å². The van der Waals surface area contributed by atoms with Crippen LogP contribution in [0.25, 0.3) is 0 Å². The highest BCUT2D eigenvalue weighted by Gasteiger charge is 2.18. The minimum absolute atomic E-state index is 0.0103. The van der Waals surface area contributed by atoms with E-state index in [1.165, 1.54) is 17.5 Å². The van der Waals surface area contributed by atoms with Gasteiger partial charge in [-0.2, -0.15) is 0 Å². The van der Waals surface area contributed by atoms with Crippen LogP contribution in [0.3, 0.4) is 0 Å². The number of ether oxygens (including phenoxy) is 2. The molecule has 1 saturated heterocycles. The molecular formula is C15H16N4O4S. The van der Waals surface area contributed by atoms with Crippen LogP contribution in [-0.4, -0.2) is 41.1 Å². The third-order valence-corrected chi connectivity index (χ3v) is 4.11. The summed E-state index contributed by atoms with van der Waals surface area (Å²) in [6.07, 6.45) is 2.33. The number of hydrogen-bond donors (Lipinski definition) is 2. The molecule has 126 valence electrons. The molecule has 9 heteroatoms. The van der Waals surface area contributed by atoms with E-state index in [0.29, 0.717) is 35.5 Å². The molecule has 0 aromatic carbocycles. The lowest BCUT2D eigenvalue weighted by molar-refractivity contribution is -0.117. The van der Waals surface area contributed by atoms with Gasteiger partial charge in [-0.15, -0.1) is 11.3 Å². The van der Waals surface area contributed by atoms with E-state index < -0.39 is 5.91 Å². The molecule has 3 heterocycles. The van der Waals surface area contributed by atoms with E-state index in [2.05, 4.69) is 15.3 Å². The minimum atomic E-state index is -0.467. The Morgan fingerprint density at radius 3 is 3.00 bits per heavy atom. The molecular weight excluding hydrogens is 332 g/mol. The lowest BCUT2D eigenvalue weighted by atomic mass is 10.2. The Morgan fingerprint density at radius 1 is 1.46 bits per heavy atom. The SMILES string of the molecule is NC(=O)Cc1csc(NC(=O)c2ccc(OC3CCOC3)nc2)n1. The molecule has 3 N–H and O–H groups in total. The summed E-state index contributed by atoms with van der Waals surface area (Å²) >= 11 is 1.23. The fourth-order valence-corrected chi connectivity index (χ4v) is 2.86. The van der Waals surface area contributed by atoms with Crippen LogP contribution in [0.5, 0.6) is 5.88 Å². The van der Waals surface area contributed by atoms with Gasteiger partial charge in [0.25, 0.3) is 5.91 Å². The van der Waals surface area contributed by atoms with Gasteiger partial charge in [-0.3, -0.25) is 14.9 Å². The molecule has 2 amide bonds. The Bertz CT molecular complexity index is 725. The number of thiazole rings is 1. The second-order valence-corrected chi connectivity index (χ2v) is 6.09. The van der Waals surface area contributed by atoms with Gasteiger partial charge < -0.3 is 15.2 Å². The number of aromatic nitrogens is 2. The van der Waals surface area contributed by atoms with E-state index in [9.17, 15) is 9.59 Å². The number of hydrogen-bond acceptors (Lipinski definition) is 7. The van der Waals surface area contributed by atoms with Gasteiger partial charge >= 0.3 is 0 Å². The molecule has 1 fully saturated rings. The van der Waals surface area contributed by atoms with Gasteiger partial charge in [0.05, 0.1) is 30.9 Å². The number of anilines is 1. The summed E-state index contributed by atoms with van der Waals surface area (Å²) in [6.45, 7) is 1.25. The van der Waals surface area contributed by atoms with Crippen molar-refractivity contribution in [3.63, 3.8) is 0 Å². The standard InChI is InChI=1S/C15H16N4O4S/c16-12(20)5-10-8-24-15(18-10)19-14(21)9-1-2-13(17-6-9)23-11-3-4-22-7-11/h1-2,6,8,11H,3-5,7H2,(H2,16,20)(H,18,19,21). The molecule has 3 rings (SSSR count). The molecule has 1 aliphatic rings. The first-order valence-electron chi connectivity index (χ1n) is 7.34. The lowest BCUT2D eigenvalue weighted by Crippen LogP contribution is -2.17. The summed E-state index contributed by atoms with van der Waals surface area (Å²) in [6, 6.07) is 3.28. The maximum Gasteiger partial charge on any atom is 0.259 e. The van der Waals surface area contributed by atoms with Crippen LogP contribution in [0, 0.1) is 0 Å². The third kappa shape index (κ3) is 4.27. The molecule has 0 aliphatic carbocycles. The molecule has 1 unspecified atom stereocenters. The molecule has 2 aromatic heterocycles. The fourth-order valence-electron chi connectivity index (χ4n) is 2.15. The number of rotatable bonds is 6. The van der Waals surface area contributed by atoms with Crippen molar-refractivity contribution in [2.75, 3.05) is 18.5 Å². The lowest BCUT2D eigenvalue weighted by Gasteiger charge is -2.10. The Balaban J connectivity index is 1.58. The number of carbonyl (C=O) groups is 2. The molecule has 0 radical (unpaired) electrons. The smallest absolute Gasteiger partial charge is 0.259 e. The summed E-state index contributed by atoms with van der Waals surface area (Å²) in [4.78, 5) is 31.3. The zero-order valence-corrected chi connectivity index (χ0v) is 13.5. The maximum atomic E-state index is 12.2. The molecule has 0 bridgehead atoms. The van der Waals surface area contributed by atoms with Crippen LogP contribution in [-0.2, 0) is 16.0 Å². The Kier molecular flexibility index (Phi) is 5.02. The summed E-state index contributed by atoms with van der Waals surface area (Å²) in [5.74, 6) is -0.344. The van der Waals surface area contributed by atoms with E-state index in [0.717, 1.165) is 6.42 Å². The van der Waals surface area contributed by atoms with E-state index in [1.54, 1.807) is 17.5 Å². The van der Waals surface area contributed by atoms with Crippen molar-refractivity contribution in [2.24, 2.45) is 5.73 Å². The van der Waals surface area contributed by atoms with Gasteiger partial charge in [-0.25, -0.2) is 9.97 Å². The van der Waals surface area contributed by atoms with E-state index in [1.807, 2.05) is 0 Å². The molecule has 8 nitrogen and oxygen atoms in total. The predicted molar refractivity (Wildman–Crippen MR) is 87.1 cm³/mol. The average molecular weight is 348 g/mol. The van der Waals surface area contributed by atoms with Crippen LogP contribution < -0.4 is 15.8 Å². The number of carbonyl (C=O) groups excluding carboxylic acids is 2. The topological polar surface area (TPSA) is 116 Å². The van der Waals surface area contributed by atoms with Crippen molar-refractivity contribution in [2.45, 2.75) is 18.9 Å². The Morgan fingerprint density at radius 2 is 2.33 bits per heavy atom. The minimum Gasteiger partial charge on any atom is -0.472 e. The first-order valence-corrected chi connectivity index (χ1v) is 8.22. The highest BCUT2D eigenvalue weighted by atomic mass is 32.1. The summed E-state index contributed by atoms with van der Waals surface area (Å²) < 4.78 is 10.9. The quantitative estimate of drug-likeness (QED) is 0.804. The Hall–Kier alpha value is -2.52. The van der Waals surface area contributed by atoms with Gasteiger partial charge in [-0.1, -0.05) is 0 Å². The van der Waals surface area contributed by atoms with Crippen molar-refractivity contribution >= 4 is 28.3 Å². The number of nitrogens with zero attached hydrogens (tertiary/aromatic N) is 2. The van der Waals surface area contributed by atoms with Crippen LogP contribution in [0.4, 0.5) is 5.13 Å². The first-order chi connectivity index (χ1) is 11.6. The van der Waals surface area contributed by atoms with E-state index >= 15 is 0 Å². The number of primary amides is 1. The second kappa shape index (κ2) is 7.37. The monoisotopic (exact) mass is 348 g/mol. The zero-order valence-electron chi connectivity index (χ0n) is 12.7. The molecule has 0 spiro atoms. The van der Waals surface area contributed by atoms with Crippen LogP contribution in [0.2, 0.25) is 0 Å². The zero-order chi connectivity index (χ0) is 16.9. The van der Waals surface area contributed by atoms with Crippen molar-refractivity contribution in [1.82, 2.24) is 9.97 Å². The molecule has 2 aromatic rings. The maximum absolute atomic E-state index is 12.2. The van der Waals surface area contributed by atoms with Gasteiger partial charge in [0.1, 0.15) is 6.10 Å². The van der Waals surface area contributed by atoms with Crippen molar-refractivity contribution in [3.8, 4) is 5.88 Å². The highest BCUT2D eigenvalue weighted by Crippen LogP contribution is 2.18. The van der Waals surface area contributed by atoms with Crippen LogP contribution >= 0.6 is 11.3 Å². The number of nitrogens with two attached hydrogens (primary N) is 1. The first kappa shape index (κ1) is 16.3. The molecule has 24 heavy (non-hydrogen) atoms. The van der Waals surface area contributed by atoms with Crippen LogP contribution in [0.1, 0.15) is 22.5 Å². The third-order valence-electron chi connectivity index (χ3n) is 3.30. The number of amides is 2. The Labute approximate surface area is 142 Å². The summed E-state index contributed by atoms with van der Waals surface area (Å²) in [5.41, 5.74) is 6.03. The van der Waals surface area contributed by atoms with E-state index in [-0.39, 0.29) is 18.4 Å². The highest BCUT2D eigenvalue weighted by molar-refractivity contribution is 7.14. The summed E-state index contributed by atoms with van der Waals surface area (Å²) in [7, 11) is 0. The largest absolute Gasteiger partial charge is 0.472 e. The van der Waals surface area contributed by atoms with E-state index in [4.69, 9.17) is 15.2 Å². The number of pyridine rings is 1. The number of nitrogens with one attached hydrogen (secondary N) is 1. The molecule has 1 aliphatic heterocycles. The normalized spacial score (nSPS) is 16.8. The fraction of sp³-hybridized carbons (Fsp3) is 0.333. The average Bonchev–Trinajstić information content (AvgIpc) is 3.20. The second-order valence-electron chi connectivity index (χ2n) is 5.23. The summed E-state index contributed by atoms with van der Waals surface area (Å²) in [5, 5.41) is 4.74. The van der Waals surface area contributed by atoms with Gasteiger partial charge in [-0.05, 0) is 6.07 Å². The van der Waals surface area contributed by atoms with Crippen molar-refractivity contribution in [1.29, 1.82) is 0 Å². The van der Waals surface area contributed by atoms with Gasteiger partial charge in [0.15, 0.2) is 5.13 Å². The molecule has 0 saturated carbocycles. The van der Waals surface area contributed by atoms with Crippen molar-refractivity contribution in [3.05, 3.63) is 35.0 Å². The van der Waals surface area contributed by atoms with Gasteiger partial charge in [0.2, 0.25) is 11.8 Å². The molecule has 1 atom stereocenters. The van der Waals surface area contributed by atoms with Crippen molar-refractivity contribution < 1.29 is 19.1 Å². The predicted octanol–water partition coefficient (Wildman–Crippen LogP) is 0.986. The van der Waals surface area contributed by atoms with Gasteiger partial charge in [0, 0.05) is 24.1 Å².